The maximum Gasteiger partial charge on any atom is 0.352 e. The molecule has 0 saturated carbocycles. The van der Waals surface area contributed by atoms with E-state index in [4.69, 9.17) is 14.2 Å². The van der Waals surface area contributed by atoms with Crippen LogP contribution in [0.25, 0.3) is 6.08 Å². The third kappa shape index (κ3) is 5.31. The van der Waals surface area contributed by atoms with Gasteiger partial charge in [-0.25, -0.2) is 4.79 Å². The average Bonchev–Trinajstić information content (AvgIpc) is 2.71. The van der Waals surface area contributed by atoms with Gasteiger partial charge in [0, 0.05) is 5.56 Å². The van der Waals surface area contributed by atoms with Gasteiger partial charge in [-0.3, -0.25) is 4.79 Å². The lowest BCUT2D eigenvalue weighted by molar-refractivity contribution is -0.132. The molecule has 0 atom stereocenters. The molecule has 160 valence electrons. The smallest absolute Gasteiger partial charge is 0.352 e. The van der Waals surface area contributed by atoms with Crippen LogP contribution < -0.4 is 19.5 Å². The highest BCUT2D eigenvalue weighted by Gasteiger charge is 2.19. The lowest BCUT2D eigenvalue weighted by Crippen LogP contribution is -2.27. The van der Waals surface area contributed by atoms with Crippen LogP contribution in [0.2, 0.25) is 0 Å². The van der Waals surface area contributed by atoms with Crippen LogP contribution in [0, 0.1) is 0 Å². The van der Waals surface area contributed by atoms with Gasteiger partial charge in [0.15, 0.2) is 11.5 Å². The van der Waals surface area contributed by atoms with E-state index < -0.39 is 11.9 Å². The van der Waals surface area contributed by atoms with Crippen molar-refractivity contribution in [3.63, 3.8) is 0 Å². The molecule has 2 aromatic rings. The number of carboxylic acids is 1. The van der Waals surface area contributed by atoms with E-state index in [1.54, 1.807) is 0 Å². The standard InChI is InChI=1S/C23H27NO6/c1-23(2,3)16-9-7-14(8-10-16)11-17(22(26)27)24-21(25)15-12-18(28-4)20(30-6)19(13-15)29-5/h7-13H,1-6H3,(H,24,25)(H,26,27)/b17-11+. The van der Waals surface area contributed by atoms with Crippen molar-refractivity contribution in [1.82, 2.24) is 5.32 Å². The summed E-state index contributed by atoms with van der Waals surface area (Å²) in [5.41, 5.74) is 1.68. The van der Waals surface area contributed by atoms with Gasteiger partial charge in [-0.2, -0.15) is 0 Å². The summed E-state index contributed by atoms with van der Waals surface area (Å²) < 4.78 is 15.7. The van der Waals surface area contributed by atoms with Crippen LogP contribution in [0.15, 0.2) is 42.1 Å². The van der Waals surface area contributed by atoms with Crippen LogP contribution in [-0.2, 0) is 10.2 Å². The Labute approximate surface area is 176 Å². The van der Waals surface area contributed by atoms with E-state index in [1.807, 2.05) is 24.3 Å². The lowest BCUT2D eigenvalue weighted by Gasteiger charge is -2.18. The normalized spacial score (nSPS) is 11.6. The summed E-state index contributed by atoms with van der Waals surface area (Å²) in [6, 6.07) is 10.4. The second kappa shape index (κ2) is 9.35. The molecule has 1 amide bonds. The van der Waals surface area contributed by atoms with Crippen LogP contribution in [0.1, 0.15) is 42.3 Å². The molecule has 0 aliphatic rings. The van der Waals surface area contributed by atoms with Gasteiger partial charge in [0.1, 0.15) is 5.70 Å². The molecule has 0 aliphatic carbocycles. The van der Waals surface area contributed by atoms with Crippen molar-refractivity contribution in [3.8, 4) is 17.2 Å². The Morgan fingerprint density at radius 1 is 0.933 bits per heavy atom. The number of carbonyl (C=O) groups is 2. The Hall–Kier alpha value is -3.48. The molecular formula is C23H27NO6. The topological polar surface area (TPSA) is 94.1 Å². The maximum atomic E-state index is 12.7. The Morgan fingerprint density at radius 2 is 1.47 bits per heavy atom. The van der Waals surface area contributed by atoms with Crippen molar-refractivity contribution in [2.75, 3.05) is 21.3 Å². The third-order valence-electron chi connectivity index (χ3n) is 4.49. The summed E-state index contributed by atoms with van der Waals surface area (Å²) in [5, 5.41) is 12.0. The molecule has 7 heteroatoms. The molecule has 0 fully saturated rings. The van der Waals surface area contributed by atoms with E-state index in [2.05, 4.69) is 26.1 Å². The molecule has 0 bridgehead atoms. The second-order valence-electron chi connectivity index (χ2n) is 7.60. The molecule has 0 heterocycles. The first-order valence-corrected chi connectivity index (χ1v) is 9.27. The molecule has 0 unspecified atom stereocenters. The number of carboxylic acid groups (broad SMARTS) is 1. The minimum absolute atomic E-state index is 0.0153. The van der Waals surface area contributed by atoms with Gasteiger partial charge in [-0.05, 0) is 34.8 Å². The molecule has 0 aliphatic heterocycles. The van der Waals surface area contributed by atoms with Crippen molar-refractivity contribution in [2.24, 2.45) is 0 Å². The van der Waals surface area contributed by atoms with Gasteiger partial charge in [-0.1, -0.05) is 45.0 Å². The zero-order chi connectivity index (χ0) is 22.5. The average molecular weight is 413 g/mol. The van der Waals surface area contributed by atoms with Crippen LogP contribution in [0.5, 0.6) is 17.2 Å². The number of nitrogens with one attached hydrogen (secondary N) is 1. The highest BCUT2D eigenvalue weighted by atomic mass is 16.5. The fourth-order valence-corrected chi connectivity index (χ4v) is 2.80. The fraction of sp³-hybridized carbons (Fsp3) is 0.304. The minimum Gasteiger partial charge on any atom is -0.493 e. The van der Waals surface area contributed by atoms with Gasteiger partial charge >= 0.3 is 5.97 Å². The van der Waals surface area contributed by atoms with Crippen molar-refractivity contribution < 1.29 is 28.9 Å². The van der Waals surface area contributed by atoms with E-state index in [1.165, 1.54) is 39.5 Å². The van der Waals surface area contributed by atoms with Crippen molar-refractivity contribution in [1.29, 1.82) is 0 Å². The predicted octanol–water partition coefficient (Wildman–Crippen LogP) is 3.87. The van der Waals surface area contributed by atoms with Crippen molar-refractivity contribution in [2.45, 2.75) is 26.2 Å². The minimum atomic E-state index is -1.25. The van der Waals surface area contributed by atoms with Crippen LogP contribution in [0.4, 0.5) is 0 Å². The number of carbonyl (C=O) groups excluding carboxylic acids is 1. The molecule has 0 radical (unpaired) electrons. The molecule has 2 rings (SSSR count). The molecule has 0 saturated heterocycles. The summed E-state index contributed by atoms with van der Waals surface area (Å²) >= 11 is 0. The van der Waals surface area contributed by atoms with Crippen molar-refractivity contribution in [3.05, 3.63) is 58.8 Å². The molecule has 2 N–H and O–H groups in total. The first kappa shape index (κ1) is 22.8. The van der Waals surface area contributed by atoms with Gasteiger partial charge in [0.25, 0.3) is 5.91 Å². The zero-order valence-corrected chi connectivity index (χ0v) is 18.0. The van der Waals surface area contributed by atoms with Crippen LogP contribution in [0.3, 0.4) is 0 Å². The maximum absolute atomic E-state index is 12.7. The fourth-order valence-electron chi connectivity index (χ4n) is 2.80. The zero-order valence-electron chi connectivity index (χ0n) is 18.0. The highest BCUT2D eigenvalue weighted by molar-refractivity contribution is 6.03. The number of rotatable bonds is 7. The summed E-state index contributed by atoms with van der Waals surface area (Å²) in [7, 11) is 4.32. The number of hydrogen-bond acceptors (Lipinski definition) is 5. The number of hydrogen-bond donors (Lipinski definition) is 2. The van der Waals surface area contributed by atoms with Gasteiger partial charge in [-0.15, -0.1) is 0 Å². The second-order valence-corrected chi connectivity index (χ2v) is 7.60. The van der Waals surface area contributed by atoms with Crippen molar-refractivity contribution >= 4 is 18.0 Å². The molecular weight excluding hydrogens is 386 g/mol. The van der Waals surface area contributed by atoms with Crippen LogP contribution in [-0.4, -0.2) is 38.3 Å². The number of benzene rings is 2. The summed E-state index contributed by atoms with van der Waals surface area (Å²) in [5.74, 6) is -0.948. The number of amides is 1. The summed E-state index contributed by atoms with van der Waals surface area (Å²) in [6.45, 7) is 6.29. The Kier molecular flexibility index (Phi) is 7.10. The first-order chi connectivity index (χ1) is 14.1. The number of ether oxygens (including phenoxy) is 3. The Balaban J connectivity index is 2.34. The van der Waals surface area contributed by atoms with Gasteiger partial charge in [0.05, 0.1) is 21.3 Å². The molecule has 7 nitrogen and oxygen atoms in total. The summed E-state index contributed by atoms with van der Waals surface area (Å²) in [4.78, 5) is 24.4. The number of methoxy groups -OCH3 is 3. The molecule has 0 spiro atoms. The number of aliphatic carboxylic acids is 1. The highest BCUT2D eigenvalue weighted by Crippen LogP contribution is 2.38. The van der Waals surface area contributed by atoms with E-state index in [9.17, 15) is 14.7 Å². The molecule has 2 aromatic carbocycles. The third-order valence-corrected chi connectivity index (χ3v) is 4.49. The van der Waals surface area contributed by atoms with Crippen LogP contribution >= 0.6 is 0 Å². The molecule has 0 aromatic heterocycles. The van der Waals surface area contributed by atoms with Gasteiger partial charge < -0.3 is 24.6 Å². The van der Waals surface area contributed by atoms with E-state index in [0.29, 0.717) is 22.8 Å². The SMILES string of the molecule is COc1cc(C(=O)N/C(=C/c2ccc(C(C)(C)C)cc2)C(=O)O)cc(OC)c1OC. The monoisotopic (exact) mass is 413 g/mol. The van der Waals surface area contributed by atoms with Gasteiger partial charge in [0.2, 0.25) is 5.75 Å². The van der Waals surface area contributed by atoms with E-state index >= 15 is 0 Å². The van der Waals surface area contributed by atoms with E-state index in [0.717, 1.165) is 5.56 Å². The largest absolute Gasteiger partial charge is 0.493 e. The van der Waals surface area contributed by atoms with E-state index in [-0.39, 0.29) is 16.7 Å². The Bertz CT molecular complexity index is 930. The Morgan fingerprint density at radius 3 is 1.87 bits per heavy atom. The lowest BCUT2D eigenvalue weighted by atomic mass is 9.87. The quantitative estimate of drug-likeness (QED) is 0.670. The first-order valence-electron chi connectivity index (χ1n) is 9.27. The predicted molar refractivity (Wildman–Crippen MR) is 114 cm³/mol. The molecule has 30 heavy (non-hydrogen) atoms. The summed E-state index contributed by atoms with van der Waals surface area (Å²) in [6.07, 6.45) is 1.41.